The Hall–Kier alpha value is -4.20. The van der Waals surface area contributed by atoms with Crippen molar-refractivity contribution in [3.63, 3.8) is 0 Å². The molecule has 0 amide bonds. The van der Waals surface area contributed by atoms with Crippen LogP contribution in [0.5, 0.6) is 11.5 Å². The average molecular weight is 415 g/mol. The molecule has 0 bridgehead atoms. The van der Waals surface area contributed by atoms with Crippen molar-refractivity contribution in [1.82, 2.24) is 24.9 Å². The predicted octanol–water partition coefficient (Wildman–Crippen LogP) is 4.65. The van der Waals surface area contributed by atoms with Crippen LogP contribution in [0, 0.1) is 5.82 Å². The van der Waals surface area contributed by atoms with Gasteiger partial charge < -0.3 is 19.4 Å². The first-order valence-electron chi connectivity index (χ1n) is 9.67. The van der Waals surface area contributed by atoms with Crippen LogP contribution in [0.15, 0.2) is 73.2 Å². The SMILES string of the molecule is Fc1cccc(COc2cc(OCc3ncc[nH]3)cc(-c3nc4ncccc4[nH]3)c2)c1. The Bertz CT molecular complexity index is 1280. The molecule has 0 atom stereocenters. The van der Waals surface area contributed by atoms with Crippen LogP contribution in [-0.4, -0.2) is 24.9 Å². The Morgan fingerprint density at radius 2 is 1.74 bits per heavy atom. The van der Waals surface area contributed by atoms with Crippen LogP contribution in [0.3, 0.4) is 0 Å². The van der Waals surface area contributed by atoms with Gasteiger partial charge in [-0.05, 0) is 42.0 Å². The van der Waals surface area contributed by atoms with Gasteiger partial charge in [-0.25, -0.2) is 19.3 Å². The molecular formula is C23H18FN5O2. The van der Waals surface area contributed by atoms with Gasteiger partial charge in [0, 0.05) is 30.2 Å². The lowest BCUT2D eigenvalue weighted by molar-refractivity contribution is 0.285. The Morgan fingerprint density at radius 1 is 0.871 bits per heavy atom. The maximum atomic E-state index is 13.5. The van der Waals surface area contributed by atoms with Crippen LogP contribution in [0.25, 0.3) is 22.6 Å². The van der Waals surface area contributed by atoms with Crippen molar-refractivity contribution in [2.24, 2.45) is 0 Å². The zero-order valence-corrected chi connectivity index (χ0v) is 16.4. The van der Waals surface area contributed by atoms with Gasteiger partial charge in [-0.1, -0.05) is 12.1 Å². The highest BCUT2D eigenvalue weighted by atomic mass is 19.1. The zero-order valence-electron chi connectivity index (χ0n) is 16.4. The molecule has 0 aliphatic carbocycles. The number of hydrogen-bond donors (Lipinski definition) is 2. The van der Waals surface area contributed by atoms with E-state index in [1.54, 1.807) is 30.7 Å². The summed E-state index contributed by atoms with van der Waals surface area (Å²) < 4.78 is 25.3. The van der Waals surface area contributed by atoms with E-state index >= 15 is 0 Å². The number of aromatic nitrogens is 5. The molecule has 154 valence electrons. The number of nitrogens with zero attached hydrogens (tertiary/aromatic N) is 3. The summed E-state index contributed by atoms with van der Waals surface area (Å²) in [6, 6.07) is 15.6. The van der Waals surface area contributed by atoms with E-state index in [4.69, 9.17) is 9.47 Å². The zero-order chi connectivity index (χ0) is 21.0. The normalized spacial score (nSPS) is 11.0. The molecule has 3 aromatic heterocycles. The molecule has 31 heavy (non-hydrogen) atoms. The van der Waals surface area contributed by atoms with Crippen LogP contribution in [0.4, 0.5) is 4.39 Å². The quantitative estimate of drug-likeness (QED) is 0.404. The Labute approximate surface area is 176 Å². The maximum Gasteiger partial charge on any atom is 0.178 e. The molecule has 3 heterocycles. The second-order valence-electron chi connectivity index (χ2n) is 6.90. The van der Waals surface area contributed by atoms with Crippen LogP contribution in [-0.2, 0) is 13.2 Å². The van der Waals surface area contributed by atoms with Crippen LogP contribution < -0.4 is 9.47 Å². The second kappa shape index (κ2) is 8.27. The first-order chi connectivity index (χ1) is 15.2. The molecule has 2 N–H and O–H groups in total. The largest absolute Gasteiger partial charge is 0.489 e. The number of hydrogen-bond acceptors (Lipinski definition) is 5. The second-order valence-corrected chi connectivity index (χ2v) is 6.90. The monoisotopic (exact) mass is 415 g/mol. The number of halogens is 1. The standard InChI is InChI=1S/C23H18FN5O2/c24-17-4-1-3-15(9-17)13-30-18-10-16(22-28-20-5-2-6-27-23(20)29-22)11-19(12-18)31-14-21-25-7-8-26-21/h1-12H,13-14H2,(H,25,26)(H,27,28,29). The van der Waals surface area contributed by atoms with Crippen molar-refractivity contribution in [2.75, 3.05) is 0 Å². The summed E-state index contributed by atoms with van der Waals surface area (Å²) >= 11 is 0. The number of pyridine rings is 1. The van der Waals surface area contributed by atoms with Crippen molar-refractivity contribution in [3.05, 3.63) is 90.4 Å². The van der Waals surface area contributed by atoms with Crippen molar-refractivity contribution >= 4 is 11.2 Å². The van der Waals surface area contributed by atoms with Gasteiger partial charge in [0.25, 0.3) is 0 Å². The summed E-state index contributed by atoms with van der Waals surface area (Å²) in [5.74, 6) is 2.22. The lowest BCUT2D eigenvalue weighted by atomic mass is 10.2. The number of H-pyrrole nitrogens is 2. The minimum Gasteiger partial charge on any atom is -0.489 e. The molecule has 0 radical (unpaired) electrons. The van der Waals surface area contributed by atoms with E-state index < -0.39 is 0 Å². The topological polar surface area (TPSA) is 88.7 Å². The van der Waals surface area contributed by atoms with Crippen LogP contribution in [0.2, 0.25) is 0 Å². The van der Waals surface area contributed by atoms with Gasteiger partial charge in [0.05, 0.1) is 5.52 Å². The van der Waals surface area contributed by atoms with E-state index in [1.807, 2.05) is 30.3 Å². The number of ether oxygens (including phenoxy) is 2. The number of nitrogens with one attached hydrogen (secondary N) is 2. The van der Waals surface area contributed by atoms with E-state index in [2.05, 4.69) is 24.9 Å². The van der Waals surface area contributed by atoms with Gasteiger partial charge in [-0.2, -0.15) is 0 Å². The molecule has 7 nitrogen and oxygen atoms in total. The summed E-state index contributed by atoms with van der Waals surface area (Å²) in [6.07, 6.45) is 5.11. The summed E-state index contributed by atoms with van der Waals surface area (Å²) in [7, 11) is 0. The van der Waals surface area contributed by atoms with Crippen molar-refractivity contribution in [2.45, 2.75) is 13.2 Å². The molecule has 8 heteroatoms. The van der Waals surface area contributed by atoms with Crippen LogP contribution in [0.1, 0.15) is 11.4 Å². The summed E-state index contributed by atoms with van der Waals surface area (Å²) in [5, 5.41) is 0. The maximum absolute atomic E-state index is 13.5. The third-order valence-electron chi connectivity index (χ3n) is 4.64. The number of imidazole rings is 2. The van der Waals surface area contributed by atoms with Gasteiger partial charge >= 0.3 is 0 Å². The fourth-order valence-corrected chi connectivity index (χ4v) is 3.18. The molecular weight excluding hydrogens is 397 g/mol. The van der Waals surface area contributed by atoms with Gasteiger partial charge in [-0.15, -0.1) is 0 Å². The van der Waals surface area contributed by atoms with Gasteiger partial charge in [0.15, 0.2) is 5.65 Å². The predicted molar refractivity (Wildman–Crippen MR) is 113 cm³/mol. The molecule has 0 fully saturated rings. The number of aromatic amines is 2. The Morgan fingerprint density at radius 3 is 2.52 bits per heavy atom. The number of benzene rings is 2. The molecule has 0 aliphatic heterocycles. The van der Waals surface area contributed by atoms with E-state index in [1.165, 1.54) is 12.1 Å². The molecule has 0 saturated carbocycles. The third kappa shape index (κ3) is 4.37. The Kier molecular flexibility index (Phi) is 5.02. The fraction of sp³-hybridized carbons (Fsp3) is 0.0870. The molecule has 0 unspecified atom stereocenters. The van der Waals surface area contributed by atoms with Crippen molar-refractivity contribution in [3.8, 4) is 22.9 Å². The molecule has 0 aliphatic rings. The molecule has 5 rings (SSSR count). The first kappa shape index (κ1) is 18.8. The van der Waals surface area contributed by atoms with Gasteiger partial charge in [-0.3, -0.25) is 0 Å². The smallest absolute Gasteiger partial charge is 0.178 e. The summed E-state index contributed by atoms with van der Waals surface area (Å²) in [6.45, 7) is 0.502. The van der Waals surface area contributed by atoms with Gasteiger partial charge in [0.1, 0.15) is 42.2 Å². The van der Waals surface area contributed by atoms with E-state index in [9.17, 15) is 4.39 Å². The van der Waals surface area contributed by atoms with Gasteiger partial charge in [0.2, 0.25) is 0 Å². The molecule has 5 aromatic rings. The van der Waals surface area contributed by atoms with Crippen molar-refractivity contribution in [1.29, 1.82) is 0 Å². The first-order valence-corrected chi connectivity index (χ1v) is 9.67. The molecule has 0 saturated heterocycles. The number of rotatable bonds is 7. The van der Waals surface area contributed by atoms with E-state index in [-0.39, 0.29) is 19.0 Å². The minimum absolute atomic E-state index is 0.223. The summed E-state index contributed by atoms with van der Waals surface area (Å²) in [4.78, 5) is 19.3. The average Bonchev–Trinajstić information content (AvgIpc) is 3.46. The minimum atomic E-state index is -0.299. The lowest BCUT2D eigenvalue weighted by Crippen LogP contribution is -2.00. The highest BCUT2D eigenvalue weighted by molar-refractivity contribution is 5.76. The van der Waals surface area contributed by atoms with Crippen molar-refractivity contribution < 1.29 is 13.9 Å². The fourth-order valence-electron chi connectivity index (χ4n) is 3.18. The molecule has 0 spiro atoms. The number of fused-ring (bicyclic) bond motifs is 1. The lowest BCUT2D eigenvalue weighted by Gasteiger charge is -2.11. The van der Waals surface area contributed by atoms with E-state index in [0.717, 1.165) is 16.6 Å². The highest BCUT2D eigenvalue weighted by Gasteiger charge is 2.11. The summed E-state index contributed by atoms with van der Waals surface area (Å²) in [5.41, 5.74) is 2.98. The van der Waals surface area contributed by atoms with Crippen LogP contribution >= 0.6 is 0 Å². The Balaban J connectivity index is 1.45. The highest BCUT2D eigenvalue weighted by Crippen LogP contribution is 2.30. The van der Waals surface area contributed by atoms with E-state index in [0.29, 0.717) is 28.8 Å². The molecule has 2 aromatic carbocycles. The third-order valence-corrected chi connectivity index (χ3v) is 4.64.